The first-order chi connectivity index (χ1) is 15.5. The number of aryl methyl sites for hydroxylation is 1. The summed E-state index contributed by atoms with van der Waals surface area (Å²) in [4.78, 5) is 25.6. The molecule has 32 heavy (non-hydrogen) atoms. The van der Waals surface area contributed by atoms with Crippen LogP contribution >= 0.6 is 0 Å². The molecule has 1 heterocycles. The molecule has 3 aromatic carbocycles. The molecule has 0 aliphatic rings. The summed E-state index contributed by atoms with van der Waals surface area (Å²) >= 11 is 0. The number of ether oxygens (including phenoxy) is 4. The molecule has 7 heteroatoms. The Morgan fingerprint density at radius 1 is 0.875 bits per heavy atom. The molecule has 0 spiro atoms. The van der Waals surface area contributed by atoms with E-state index in [9.17, 15) is 9.59 Å². The van der Waals surface area contributed by atoms with Gasteiger partial charge in [-0.05, 0) is 32.0 Å². The normalized spacial score (nSPS) is 10.9. The summed E-state index contributed by atoms with van der Waals surface area (Å²) in [5, 5.41) is 1.91. The van der Waals surface area contributed by atoms with E-state index in [2.05, 4.69) is 0 Å². The van der Waals surface area contributed by atoms with Crippen LogP contribution in [0.15, 0.2) is 52.9 Å². The Hall–Kier alpha value is -4.00. The van der Waals surface area contributed by atoms with Gasteiger partial charge in [0.15, 0.2) is 0 Å². The molecule has 0 saturated carbocycles. The summed E-state index contributed by atoms with van der Waals surface area (Å²) in [6, 6.07) is 13.8. The first-order valence-electron chi connectivity index (χ1n) is 10.0. The van der Waals surface area contributed by atoms with E-state index in [0.29, 0.717) is 44.9 Å². The van der Waals surface area contributed by atoms with Crippen molar-refractivity contribution in [2.24, 2.45) is 0 Å². The van der Waals surface area contributed by atoms with Gasteiger partial charge in [0.25, 0.3) is 0 Å². The van der Waals surface area contributed by atoms with Crippen LogP contribution in [0.2, 0.25) is 0 Å². The molecular weight excluding hydrogens is 412 g/mol. The van der Waals surface area contributed by atoms with Crippen molar-refractivity contribution >= 4 is 33.7 Å². The van der Waals surface area contributed by atoms with Gasteiger partial charge in [0.05, 0.1) is 26.4 Å². The second-order valence-corrected chi connectivity index (χ2v) is 7.04. The van der Waals surface area contributed by atoms with Crippen molar-refractivity contribution in [3.63, 3.8) is 0 Å². The maximum Gasteiger partial charge on any atom is 0.343 e. The minimum absolute atomic E-state index is 0.234. The van der Waals surface area contributed by atoms with Crippen LogP contribution in [0.3, 0.4) is 0 Å². The predicted octanol–water partition coefficient (Wildman–Crippen LogP) is 5.31. The third-order valence-corrected chi connectivity index (χ3v) is 5.10. The molecule has 7 nitrogen and oxygen atoms in total. The minimum Gasteiger partial charge on any atom is -0.497 e. The van der Waals surface area contributed by atoms with Crippen LogP contribution in [0.1, 0.15) is 33.4 Å². The summed E-state index contributed by atoms with van der Waals surface area (Å²) in [5.41, 5.74) is 1.11. The number of methoxy groups -OCH3 is 2. The molecule has 0 amide bonds. The second-order valence-electron chi connectivity index (χ2n) is 7.04. The van der Waals surface area contributed by atoms with Crippen LogP contribution in [0.25, 0.3) is 21.7 Å². The Labute approximate surface area is 184 Å². The Morgan fingerprint density at radius 3 is 2.16 bits per heavy atom. The second kappa shape index (κ2) is 8.63. The van der Waals surface area contributed by atoms with Gasteiger partial charge in [0, 0.05) is 22.2 Å². The van der Waals surface area contributed by atoms with Gasteiger partial charge in [-0.3, -0.25) is 0 Å². The molecule has 0 unspecified atom stereocenters. The van der Waals surface area contributed by atoms with Gasteiger partial charge in [0.2, 0.25) is 0 Å². The van der Waals surface area contributed by atoms with Crippen LogP contribution in [-0.2, 0) is 4.74 Å². The zero-order chi connectivity index (χ0) is 22.8. The van der Waals surface area contributed by atoms with Gasteiger partial charge >= 0.3 is 11.9 Å². The fraction of sp³-hybridized carbons (Fsp3) is 0.200. The molecule has 4 rings (SSSR count). The number of hydrogen-bond acceptors (Lipinski definition) is 7. The van der Waals surface area contributed by atoms with E-state index in [0.717, 1.165) is 5.39 Å². The number of carbonyl (C=O) groups is 2. The molecule has 1 aromatic heterocycles. The van der Waals surface area contributed by atoms with Gasteiger partial charge in [-0.25, -0.2) is 9.59 Å². The Bertz CT molecular complexity index is 1310. The van der Waals surface area contributed by atoms with Crippen LogP contribution in [0.5, 0.6) is 17.2 Å². The summed E-state index contributed by atoms with van der Waals surface area (Å²) < 4.78 is 27.4. The fourth-order valence-electron chi connectivity index (χ4n) is 3.63. The molecule has 0 fully saturated rings. The first-order valence-corrected chi connectivity index (χ1v) is 10.0. The van der Waals surface area contributed by atoms with Crippen LogP contribution in [0.4, 0.5) is 0 Å². The van der Waals surface area contributed by atoms with Gasteiger partial charge in [-0.2, -0.15) is 0 Å². The molecule has 0 aliphatic carbocycles. The zero-order valence-electron chi connectivity index (χ0n) is 18.2. The molecular formula is C25H22O7. The molecule has 164 valence electrons. The molecule has 0 N–H and O–H groups in total. The monoisotopic (exact) mass is 434 g/mol. The maximum atomic E-state index is 13.0. The SMILES string of the molecule is CCOC(=O)c1c(C)oc2c1cc(OC(=O)c1cc(OC)cc(OC)c1)c1ccccc12. The number of benzene rings is 3. The quantitative estimate of drug-likeness (QED) is 0.300. The van der Waals surface area contributed by atoms with Crippen LogP contribution < -0.4 is 14.2 Å². The largest absolute Gasteiger partial charge is 0.497 e. The van der Waals surface area contributed by atoms with E-state index in [4.69, 9.17) is 23.4 Å². The number of furan rings is 1. The van der Waals surface area contributed by atoms with E-state index in [-0.39, 0.29) is 12.2 Å². The highest BCUT2D eigenvalue weighted by atomic mass is 16.5. The average molecular weight is 434 g/mol. The van der Waals surface area contributed by atoms with Crippen molar-refractivity contribution in [3.8, 4) is 17.2 Å². The Morgan fingerprint density at radius 2 is 1.53 bits per heavy atom. The standard InChI is InChI=1S/C25H22O7/c1-5-30-25(27)22-14(2)31-23-19-9-7-6-8-18(19)21(13-20(22)23)32-24(26)15-10-16(28-3)12-17(11-15)29-4/h6-13H,5H2,1-4H3. The smallest absolute Gasteiger partial charge is 0.343 e. The summed E-state index contributed by atoms with van der Waals surface area (Å²) in [6.07, 6.45) is 0. The number of hydrogen-bond donors (Lipinski definition) is 0. The van der Waals surface area contributed by atoms with Gasteiger partial charge in [-0.15, -0.1) is 0 Å². The van der Waals surface area contributed by atoms with Crippen LogP contribution in [-0.4, -0.2) is 32.8 Å². The highest BCUT2D eigenvalue weighted by molar-refractivity contribution is 6.15. The molecule has 0 saturated heterocycles. The van der Waals surface area contributed by atoms with Crippen molar-refractivity contribution in [2.75, 3.05) is 20.8 Å². The Kier molecular flexibility index (Phi) is 5.73. The van der Waals surface area contributed by atoms with Crippen molar-refractivity contribution < 1.29 is 33.0 Å². The van der Waals surface area contributed by atoms with Crippen molar-refractivity contribution in [2.45, 2.75) is 13.8 Å². The summed E-state index contributed by atoms with van der Waals surface area (Å²) in [5.74, 6) is 0.577. The lowest BCUT2D eigenvalue weighted by atomic mass is 10.0. The van der Waals surface area contributed by atoms with Gasteiger partial charge in [0.1, 0.15) is 34.2 Å². The lowest BCUT2D eigenvalue weighted by Gasteiger charge is -2.11. The third-order valence-electron chi connectivity index (χ3n) is 5.10. The van der Waals surface area contributed by atoms with Gasteiger partial charge in [-0.1, -0.05) is 24.3 Å². The predicted molar refractivity (Wildman–Crippen MR) is 119 cm³/mol. The van der Waals surface area contributed by atoms with E-state index >= 15 is 0 Å². The third kappa shape index (κ3) is 3.73. The number of fused-ring (bicyclic) bond motifs is 3. The molecule has 0 aliphatic heterocycles. The highest BCUT2D eigenvalue weighted by Gasteiger charge is 2.23. The summed E-state index contributed by atoms with van der Waals surface area (Å²) in [6.45, 7) is 3.67. The van der Waals surface area contributed by atoms with Crippen molar-refractivity contribution in [1.82, 2.24) is 0 Å². The Balaban J connectivity index is 1.85. The lowest BCUT2D eigenvalue weighted by molar-refractivity contribution is 0.0526. The van der Waals surface area contributed by atoms with E-state index in [1.165, 1.54) is 14.2 Å². The zero-order valence-corrected chi connectivity index (χ0v) is 18.2. The minimum atomic E-state index is -0.593. The maximum absolute atomic E-state index is 13.0. The fourth-order valence-corrected chi connectivity index (χ4v) is 3.63. The van der Waals surface area contributed by atoms with E-state index < -0.39 is 11.9 Å². The van der Waals surface area contributed by atoms with Crippen molar-refractivity contribution in [1.29, 1.82) is 0 Å². The average Bonchev–Trinajstić information content (AvgIpc) is 3.14. The van der Waals surface area contributed by atoms with E-state index in [1.54, 1.807) is 38.1 Å². The van der Waals surface area contributed by atoms with Crippen molar-refractivity contribution in [3.05, 3.63) is 65.4 Å². The number of esters is 2. The topological polar surface area (TPSA) is 84.2 Å². The van der Waals surface area contributed by atoms with E-state index in [1.807, 2.05) is 24.3 Å². The number of rotatable bonds is 6. The number of carbonyl (C=O) groups excluding carboxylic acids is 2. The molecule has 0 radical (unpaired) electrons. The van der Waals surface area contributed by atoms with Crippen LogP contribution in [0, 0.1) is 6.92 Å². The lowest BCUT2D eigenvalue weighted by Crippen LogP contribution is -2.10. The molecule has 0 bridgehead atoms. The molecule has 4 aromatic rings. The summed E-state index contributed by atoms with van der Waals surface area (Å²) in [7, 11) is 3.01. The highest BCUT2D eigenvalue weighted by Crippen LogP contribution is 2.38. The first kappa shape index (κ1) is 21.2. The van der Waals surface area contributed by atoms with Gasteiger partial charge < -0.3 is 23.4 Å². The molecule has 0 atom stereocenters.